The van der Waals surface area contributed by atoms with Crippen LogP contribution in [0.1, 0.15) is 64.2 Å². The number of rotatable bonds is 13. The third kappa shape index (κ3) is 15.2. The molecule has 5 nitrogen and oxygen atoms in total. The van der Waals surface area contributed by atoms with Gasteiger partial charge in [-0.1, -0.05) is 51.4 Å². The van der Waals surface area contributed by atoms with Crippen LogP contribution in [-0.2, 0) is 4.84 Å². The van der Waals surface area contributed by atoms with Gasteiger partial charge in [0.1, 0.15) is 0 Å². The lowest BCUT2D eigenvalue weighted by Gasteiger charge is -2.02. The third-order valence-electron chi connectivity index (χ3n) is 2.80. The fourth-order valence-corrected chi connectivity index (χ4v) is 1.80. The van der Waals surface area contributed by atoms with E-state index >= 15 is 0 Å². The van der Waals surface area contributed by atoms with Crippen LogP contribution < -0.4 is 5.73 Å². The molecule has 5 heteroatoms. The van der Waals surface area contributed by atoms with Crippen LogP contribution in [0.5, 0.6) is 0 Å². The van der Waals surface area contributed by atoms with E-state index in [1.54, 1.807) is 0 Å². The van der Waals surface area contributed by atoms with Crippen molar-refractivity contribution >= 4 is 0 Å². The Bertz CT molecular complexity index is 177. The quantitative estimate of drug-likeness (QED) is 0.308. The smallest absolute Gasteiger partial charge is 0.294 e. The van der Waals surface area contributed by atoms with Crippen molar-refractivity contribution in [1.29, 1.82) is 0 Å². The monoisotopic (exact) mass is 246 g/mol. The predicted octanol–water partition coefficient (Wildman–Crippen LogP) is 3.05. The molecular weight excluding hydrogens is 220 g/mol. The molecule has 0 heterocycles. The van der Waals surface area contributed by atoms with Gasteiger partial charge >= 0.3 is 0 Å². The highest BCUT2D eigenvalue weighted by Gasteiger charge is 1.95. The minimum atomic E-state index is -0.721. The molecule has 0 aliphatic rings. The molecule has 0 unspecified atom stereocenters. The van der Waals surface area contributed by atoms with E-state index in [4.69, 9.17) is 5.73 Å². The van der Waals surface area contributed by atoms with Gasteiger partial charge in [0, 0.05) is 0 Å². The molecule has 0 aromatic heterocycles. The van der Waals surface area contributed by atoms with Gasteiger partial charge < -0.3 is 10.6 Å². The van der Waals surface area contributed by atoms with Gasteiger partial charge in [-0.3, -0.25) is 0 Å². The zero-order valence-electron chi connectivity index (χ0n) is 10.7. The number of hydrogen-bond donors (Lipinski definition) is 1. The highest BCUT2D eigenvalue weighted by Crippen LogP contribution is 2.10. The van der Waals surface area contributed by atoms with Gasteiger partial charge in [0.15, 0.2) is 0 Å². The van der Waals surface area contributed by atoms with E-state index in [0.717, 1.165) is 32.2 Å². The lowest BCUT2D eigenvalue weighted by Crippen LogP contribution is -2.01. The van der Waals surface area contributed by atoms with E-state index in [0.29, 0.717) is 0 Å². The molecule has 102 valence electrons. The standard InChI is InChI=1S/C12H26N2O3/c13-11-9-7-5-3-1-2-4-6-8-10-12-17-14(15)16/h1-13H2. The van der Waals surface area contributed by atoms with Crippen LogP contribution in [0.25, 0.3) is 0 Å². The summed E-state index contributed by atoms with van der Waals surface area (Å²) >= 11 is 0. The van der Waals surface area contributed by atoms with E-state index in [9.17, 15) is 10.1 Å². The topological polar surface area (TPSA) is 78.4 Å². The molecular formula is C12H26N2O3. The first-order chi connectivity index (χ1) is 8.27. The second-order valence-corrected chi connectivity index (χ2v) is 4.38. The molecule has 17 heavy (non-hydrogen) atoms. The van der Waals surface area contributed by atoms with Crippen molar-refractivity contribution in [3.8, 4) is 0 Å². The summed E-state index contributed by atoms with van der Waals surface area (Å²) in [5.74, 6) is 0. The van der Waals surface area contributed by atoms with E-state index in [1.807, 2.05) is 0 Å². The molecule has 0 saturated carbocycles. The van der Waals surface area contributed by atoms with Gasteiger partial charge in [-0.25, -0.2) is 0 Å². The zero-order valence-corrected chi connectivity index (χ0v) is 10.7. The van der Waals surface area contributed by atoms with Gasteiger partial charge in [-0.05, 0) is 19.4 Å². The highest BCUT2D eigenvalue weighted by molar-refractivity contribution is 4.48. The van der Waals surface area contributed by atoms with E-state index in [-0.39, 0.29) is 6.61 Å². The Hall–Kier alpha value is -0.840. The van der Waals surface area contributed by atoms with Crippen LogP contribution in [0, 0.1) is 10.1 Å². The van der Waals surface area contributed by atoms with Crippen LogP contribution in [0.2, 0.25) is 0 Å². The van der Waals surface area contributed by atoms with Crippen molar-refractivity contribution in [3.63, 3.8) is 0 Å². The maximum absolute atomic E-state index is 9.86. The molecule has 0 spiro atoms. The molecule has 0 rings (SSSR count). The van der Waals surface area contributed by atoms with E-state index in [1.165, 1.54) is 38.5 Å². The lowest BCUT2D eigenvalue weighted by atomic mass is 10.1. The SMILES string of the molecule is NCCCCCCCCCCCCO[N+](=O)[O-]. The molecule has 0 aromatic rings. The number of unbranched alkanes of at least 4 members (excludes halogenated alkanes) is 9. The zero-order chi connectivity index (χ0) is 12.8. The fraction of sp³-hybridized carbons (Fsp3) is 1.00. The summed E-state index contributed by atoms with van der Waals surface area (Å²) in [5.41, 5.74) is 5.42. The molecule has 0 aromatic carbocycles. The molecule has 0 saturated heterocycles. The minimum Gasteiger partial charge on any atom is -0.330 e. The first kappa shape index (κ1) is 16.2. The first-order valence-corrected chi connectivity index (χ1v) is 6.74. The molecule has 0 bridgehead atoms. The van der Waals surface area contributed by atoms with Crippen LogP contribution in [0.15, 0.2) is 0 Å². The van der Waals surface area contributed by atoms with E-state index < -0.39 is 5.09 Å². The largest absolute Gasteiger partial charge is 0.330 e. The molecule has 0 radical (unpaired) electrons. The van der Waals surface area contributed by atoms with Gasteiger partial charge in [-0.2, -0.15) is 0 Å². The summed E-state index contributed by atoms with van der Waals surface area (Å²) in [7, 11) is 0. The normalized spacial score (nSPS) is 10.4. The Kier molecular flexibility index (Phi) is 12.6. The molecule has 0 aliphatic carbocycles. The van der Waals surface area contributed by atoms with Crippen LogP contribution in [-0.4, -0.2) is 18.2 Å². The Morgan fingerprint density at radius 2 is 1.24 bits per heavy atom. The summed E-state index contributed by atoms with van der Waals surface area (Å²) < 4.78 is 0. The Labute approximate surface area is 104 Å². The minimum absolute atomic E-state index is 0.242. The number of nitrogens with two attached hydrogens (primary N) is 1. The van der Waals surface area contributed by atoms with Crippen molar-refractivity contribution in [3.05, 3.63) is 10.1 Å². The predicted molar refractivity (Wildman–Crippen MR) is 68.2 cm³/mol. The average molecular weight is 246 g/mol. The Balaban J connectivity index is 2.91. The van der Waals surface area contributed by atoms with Gasteiger partial charge in [0.2, 0.25) is 0 Å². The average Bonchev–Trinajstić information content (AvgIpc) is 2.30. The van der Waals surface area contributed by atoms with Gasteiger partial charge in [-0.15, -0.1) is 10.1 Å². The second kappa shape index (κ2) is 13.2. The van der Waals surface area contributed by atoms with Crippen molar-refractivity contribution in [2.75, 3.05) is 13.2 Å². The third-order valence-corrected chi connectivity index (χ3v) is 2.80. The van der Waals surface area contributed by atoms with Gasteiger partial charge in [0.05, 0.1) is 6.61 Å². The summed E-state index contributed by atoms with van der Waals surface area (Å²) in [6, 6.07) is 0. The second-order valence-electron chi connectivity index (χ2n) is 4.38. The molecule has 0 aliphatic heterocycles. The van der Waals surface area contributed by atoms with Crippen molar-refractivity contribution in [2.24, 2.45) is 5.73 Å². The summed E-state index contributed by atoms with van der Waals surface area (Å²) in [6.07, 6.45) is 11.8. The maximum Gasteiger partial charge on any atom is 0.294 e. The summed E-state index contributed by atoms with van der Waals surface area (Å²) in [5, 5.41) is 9.14. The Morgan fingerprint density at radius 1 is 0.824 bits per heavy atom. The molecule has 0 fully saturated rings. The molecule has 2 N–H and O–H groups in total. The van der Waals surface area contributed by atoms with Crippen LogP contribution >= 0.6 is 0 Å². The van der Waals surface area contributed by atoms with Crippen molar-refractivity contribution < 1.29 is 9.92 Å². The summed E-state index contributed by atoms with van der Waals surface area (Å²) in [6.45, 7) is 1.05. The first-order valence-electron chi connectivity index (χ1n) is 6.74. The number of nitrogens with zero attached hydrogens (tertiary/aromatic N) is 1. The van der Waals surface area contributed by atoms with E-state index in [2.05, 4.69) is 4.84 Å². The van der Waals surface area contributed by atoms with Crippen LogP contribution in [0.3, 0.4) is 0 Å². The summed E-state index contributed by atoms with van der Waals surface area (Å²) in [4.78, 5) is 14.1. The maximum atomic E-state index is 9.86. The molecule has 0 atom stereocenters. The van der Waals surface area contributed by atoms with Gasteiger partial charge in [0.25, 0.3) is 5.09 Å². The highest BCUT2D eigenvalue weighted by atomic mass is 16.9. The Morgan fingerprint density at radius 3 is 1.65 bits per heavy atom. The molecule has 0 amide bonds. The lowest BCUT2D eigenvalue weighted by molar-refractivity contribution is -0.757. The van der Waals surface area contributed by atoms with Crippen LogP contribution in [0.4, 0.5) is 0 Å². The van der Waals surface area contributed by atoms with Crippen molar-refractivity contribution in [2.45, 2.75) is 64.2 Å². The fourth-order valence-electron chi connectivity index (χ4n) is 1.80. The number of hydrogen-bond acceptors (Lipinski definition) is 4. The van der Waals surface area contributed by atoms with Crippen molar-refractivity contribution in [1.82, 2.24) is 0 Å².